The van der Waals surface area contributed by atoms with E-state index in [4.69, 9.17) is 16.3 Å². The number of methoxy groups -OCH3 is 1. The maximum atomic E-state index is 12.0. The number of carbonyl (C=O) groups excluding carboxylic acids is 1. The van der Waals surface area contributed by atoms with Crippen LogP contribution in [0.3, 0.4) is 0 Å². The molecule has 0 amide bonds. The zero-order valence-corrected chi connectivity index (χ0v) is 12.0. The van der Waals surface area contributed by atoms with Crippen LogP contribution in [0.25, 0.3) is 0 Å². The molecule has 2 aromatic rings. The first-order chi connectivity index (χ1) is 9.19. The molecule has 0 aliphatic rings. The summed E-state index contributed by atoms with van der Waals surface area (Å²) in [4.78, 5) is 13.0. The normalized spacial score (nSPS) is 10.2. The summed E-state index contributed by atoms with van der Waals surface area (Å²) in [6.45, 7) is 0. The molecule has 2 rings (SSSR count). The van der Waals surface area contributed by atoms with E-state index in [1.54, 1.807) is 31.4 Å². The number of halogens is 1. The van der Waals surface area contributed by atoms with Gasteiger partial charge in [0.15, 0.2) is 5.78 Å². The Morgan fingerprint density at radius 3 is 2.74 bits per heavy atom. The van der Waals surface area contributed by atoms with Crippen molar-refractivity contribution in [1.29, 1.82) is 0 Å². The number of rotatable bonds is 5. The third-order valence-electron chi connectivity index (χ3n) is 2.56. The second-order valence-electron chi connectivity index (χ2n) is 3.90. The number of Topliss-reactive ketones (excluding diaryl/α,β-unsaturated/α-hetero) is 1. The lowest BCUT2D eigenvalue weighted by molar-refractivity contribution is 0.102. The van der Waals surface area contributed by atoms with Gasteiger partial charge in [-0.3, -0.25) is 4.79 Å². The summed E-state index contributed by atoms with van der Waals surface area (Å²) < 4.78 is 5.15. The van der Waals surface area contributed by atoms with Gasteiger partial charge < -0.3 is 4.74 Å². The first-order valence-electron chi connectivity index (χ1n) is 5.74. The maximum absolute atomic E-state index is 12.0. The molecule has 0 unspecified atom stereocenters. The van der Waals surface area contributed by atoms with Gasteiger partial charge in [0, 0.05) is 15.5 Å². The minimum Gasteiger partial charge on any atom is -0.497 e. The summed E-state index contributed by atoms with van der Waals surface area (Å²) in [7, 11) is 1.63. The number of ether oxygens (including phenoxy) is 1. The standard InChI is InChI=1S/C15H13ClO2S/c1-18-13-6-3-7-14(9-13)19-10-15(17)11-4-2-5-12(16)8-11/h2-9H,10H2,1H3. The molecule has 0 saturated heterocycles. The average molecular weight is 293 g/mol. The Bertz CT molecular complexity index is 584. The highest BCUT2D eigenvalue weighted by molar-refractivity contribution is 8.00. The van der Waals surface area contributed by atoms with Gasteiger partial charge in [-0.15, -0.1) is 11.8 Å². The maximum Gasteiger partial charge on any atom is 0.173 e. The molecule has 0 aliphatic carbocycles. The van der Waals surface area contributed by atoms with Crippen molar-refractivity contribution in [2.24, 2.45) is 0 Å². The summed E-state index contributed by atoms with van der Waals surface area (Å²) in [5.41, 5.74) is 0.642. The van der Waals surface area contributed by atoms with Crippen LogP contribution >= 0.6 is 23.4 Å². The molecule has 0 atom stereocenters. The highest BCUT2D eigenvalue weighted by Gasteiger charge is 2.07. The molecule has 0 aliphatic heterocycles. The van der Waals surface area contributed by atoms with Crippen molar-refractivity contribution < 1.29 is 9.53 Å². The van der Waals surface area contributed by atoms with Crippen LogP contribution in [-0.4, -0.2) is 18.6 Å². The molecule has 0 bridgehead atoms. The number of hydrogen-bond acceptors (Lipinski definition) is 3. The fraction of sp³-hybridized carbons (Fsp3) is 0.133. The van der Waals surface area contributed by atoms with Gasteiger partial charge in [-0.05, 0) is 30.3 Å². The quantitative estimate of drug-likeness (QED) is 0.606. The largest absolute Gasteiger partial charge is 0.497 e. The van der Waals surface area contributed by atoms with Crippen molar-refractivity contribution in [2.45, 2.75) is 4.90 Å². The number of hydrogen-bond donors (Lipinski definition) is 0. The summed E-state index contributed by atoms with van der Waals surface area (Å²) >= 11 is 7.36. The van der Waals surface area contributed by atoms with Gasteiger partial charge in [-0.1, -0.05) is 29.8 Å². The predicted octanol–water partition coefficient (Wildman–Crippen LogP) is 4.32. The fourth-order valence-corrected chi connectivity index (χ4v) is 2.61. The Balaban J connectivity index is 2.00. The third-order valence-corrected chi connectivity index (χ3v) is 3.79. The zero-order valence-electron chi connectivity index (χ0n) is 10.4. The fourth-order valence-electron chi connectivity index (χ4n) is 1.59. The molecule has 0 heterocycles. The Kier molecular flexibility index (Phi) is 4.88. The second kappa shape index (κ2) is 6.64. The van der Waals surface area contributed by atoms with Crippen molar-refractivity contribution in [3.05, 3.63) is 59.1 Å². The zero-order chi connectivity index (χ0) is 13.7. The first-order valence-corrected chi connectivity index (χ1v) is 7.11. The Morgan fingerprint density at radius 1 is 1.21 bits per heavy atom. The smallest absolute Gasteiger partial charge is 0.173 e. The predicted molar refractivity (Wildman–Crippen MR) is 79.5 cm³/mol. The van der Waals surface area contributed by atoms with Crippen molar-refractivity contribution in [3.8, 4) is 5.75 Å². The molecule has 98 valence electrons. The van der Waals surface area contributed by atoms with Crippen LogP contribution < -0.4 is 4.74 Å². The number of benzene rings is 2. The molecule has 0 N–H and O–H groups in total. The highest BCUT2D eigenvalue weighted by atomic mass is 35.5. The van der Waals surface area contributed by atoms with E-state index < -0.39 is 0 Å². The van der Waals surface area contributed by atoms with E-state index in [0.29, 0.717) is 16.3 Å². The van der Waals surface area contributed by atoms with Gasteiger partial charge in [-0.25, -0.2) is 0 Å². The van der Waals surface area contributed by atoms with E-state index in [1.165, 1.54) is 11.8 Å². The van der Waals surface area contributed by atoms with Crippen LogP contribution in [0.15, 0.2) is 53.4 Å². The van der Waals surface area contributed by atoms with Crippen molar-refractivity contribution in [1.82, 2.24) is 0 Å². The average Bonchev–Trinajstić information content (AvgIpc) is 2.45. The lowest BCUT2D eigenvalue weighted by Crippen LogP contribution is -2.01. The molecule has 0 saturated carbocycles. The molecule has 19 heavy (non-hydrogen) atoms. The van der Waals surface area contributed by atoms with Crippen LogP contribution in [-0.2, 0) is 0 Å². The minimum atomic E-state index is 0.0651. The topological polar surface area (TPSA) is 26.3 Å². The van der Waals surface area contributed by atoms with E-state index in [9.17, 15) is 4.79 Å². The van der Waals surface area contributed by atoms with Gasteiger partial charge in [0.2, 0.25) is 0 Å². The second-order valence-corrected chi connectivity index (χ2v) is 5.39. The Morgan fingerprint density at radius 2 is 2.00 bits per heavy atom. The third kappa shape index (κ3) is 4.01. The molecule has 0 aromatic heterocycles. The summed E-state index contributed by atoms with van der Waals surface area (Å²) in [6.07, 6.45) is 0. The van der Waals surface area contributed by atoms with E-state index in [0.717, 1.165) is 10.6 Å². The van der Waals surface area contributed by atoms with Crippen molar-refractivity contribution in [2.75, 3.05) is 12.9 Å². The van der Waals surface area contributed by atoms with Gasteiger partial charge in [0.1, 0.15) is 5.75 Å². The summed E-state index contributed by atoms with van der Waals surface area (Å²) in [6, 6.07) is 14.7. The lowest BCUT2D eigenvalue weighted by Gasteiger charge is -2.04. The summed E-state index contributed by atoms with van der Waals surface area (Å²) in [5.74, 6) is 1.24. The number of thioether (sulfide) groups is 1. The van der Waals surface area contributed by atoms with Crippen molar-refractivity contribution in [3.63, 3.8) is 0 Å². The highest BCUT2D eigenvalue weighted by Crippen LogP contribution is 2.24. The molecular weight excluding hydrogens is 280 g/mol. The molecule has 0 radical (unpaired) electrons. The Labute approximate surface area is 121 Å². The van der Waals surface area contributed by atoms with E-state index in [2.05, 4.69) is 0 Å². The number of ketones is 1. The van der Waals surface area contributed by atoms with Crippen LogP contribution in [0.2, 0.25) is 5.02 Å². The molecule has 0 fully saturated rings. The molecule has 0 spiro atoms. The molecular formula is C15H13ClO2S. The van der Waals surface area contributed by atoms with Gasteiger partial charge in [-0.2, -0.15) is 0 Å². The van der Waals surface area contributed by atoms with Crippen LogP contribution in [0.4, 0.5) is 0 Å². The molecule has 4 heteroatoms. The SMILES string of the molecule is COc1cccc(SCC(=O)c2cccc(Cl)c2)c1. The van der Waals surface area contributed by atoms with E-state index in [1.807, 2.05) is 24.3 Å². The van der Waals surface area contributed by atoms with Gasteiger partial charge >= 0.3 is 0 Å². The van der Waals surface area contributed by atoms with Crippen LogP contribution in [0.5, 0.6) is 5.75 Å². The number of carbonyl (C=O) groups is 1. The lowest BCUT2D eigenvalue weighted by atomic mass is 10.1. The van der Waals surface area contributed by atoms with Crippen molar-refractivity contribution >= 4 is 29.1 Å². The molecule has 2 nitrogen and oxygen atoms in total. The summed E-state index contributed by atoms with van der Waals surface area (Å²) in [5, 5.41) is 0.581. The van der Waals surface area contributed by atoms with Crippen LogP contribution in [0, 0.1) is 0 Å². The van der Waals surface area contributed by atoms with E-state index in [-0.39, 0.29) is 5.78 Å². The first kappa shape index (κ1) is 14.0. The molecule has 2 aromatic carbocycles. The van der Waals surface area contributed by atoms with Gasteiger partial charge in [0.05, 0.1) is 12.9 Å². The monoisotopic (exact) mass is 292 g/mol. The van der Waals surface area contributed by atoms with Crippen LogP contribution in [0.1, 0.15) is 10.4 Å². The van der Waals surface area contributed by atoms with Gasteiger partial charge in [0.25, 0.3) is 0 Å². The minimum absolute atomic E-state index is 0.0651. The van der Waals surface area contributed by atoms with E-state index >= 15 is 0 Å². The Hall–Kier alpha value is -1.45.